The van der Waals surface area contributed by atoms with Gasteiger partial charge >= 0.3 is 5.97 Å². The number of allylic oxidation sites excluding steroid dienone is 8. The maximum atomic E-state index is 13.2. The van der Waals surface area contributed by atoms with Gasteiger partial charge in [-0.05, 0) is 89.9 Å². The van der Waals surface area contributed by atoms with Crippen LogP contribution >= 0.6 is 0 Å². The van der Waals surface area contributed by atoms with Gasteiger partial charge in [-0.3, -0.25) is 9.59 Å². The normalized spacial score (nSPS) is 13.5. The van der Waals surface area contributed by atoms with E-state index in [1.165, 1.54) is 161 Å². The number of aliphatic hydroxyl groups is 2. The second-order valence-corrected chi connectivity index (χ2v) is 19.3. The summed E-state index contributed by atoms with van der Waals surface area (Å²) >= 11 is 0. The van der Waals surface area contributed by atoms with Gasteiger partial charge in [-0.1, -0.05) is 236 Å². The standard InChI is InChI=1S/C59H109NO5/c1-4-7-10-13-16-19-22-24-26-28-29-31-33-35-37-40-43-46-49-52-59(64)65-55(50-47-44-41-38-36-34-32-30-27-25-23-20-17-14-11-8-5-2)53-58(63)60-56(54-61)57(62)51-48-45-42-39-21-18-15-12-9-6-3/h17,20,24-27,32,34,55-57,61-62H,4-16,18-19,21-23,28-31,33,35-54H2,1-3H3,(H,60,63)/b20-17-,26-24+,27-25-,34-32-. The highest BCUT2D eigenvalue weighted by Gasteiger charge is 2.24. The van der Waals surface area contributed by atoms with Gasteiger partial charge in [0.05, 0.1) is 25.2 Å². The van der Waals surface area contributed by atoms with Crippen molar-refractivity contribution in [3.8, 4) is 0 Å². The number of rotatable bonds is 51. The minimum Gasteiger partial charge on any atom is -0.462 e. The summed E-state index contributed by atoms with van der Waals surface area (Å²) in [5.41, 5.74) is 0. The molecule has 0 fully saturated rings. The van der Waals surface area contributed by atoms with Crippen LogP contribution < -0.4 is 5.32 Å². The van der Waals surface area contributed by atoms with Gasteiger partial charge < -0.3 is 20.3 Å². The quantitative estimate of drug-likeness (QED) is 0.0321. The first-order valence-corrected chi connectivity index (χ1v) is 28.4. The van der Waals surface area contributed by atoms with Crippen LogP contribution in [-0.4, -0.2) is 46.9 Å². The van der Waals surface area contributed by atoms with Crippen LogP contribution in [0.3, 0.4) is 0 Å². The number of nitrogens with one attached hydrogen (secondary N) is 1. The number of carbonyl (C=O) groups excluding carboxylic acids is 2. The molecule has 380 valence electrons. The van der Waals surface area contributed by atoms with E-state index in [9.17, 15) is 19.8 Å². The van der Waals surface area contributed by atoms with Gasteiger partial charge in [-0.2, -0.15) is 0 Å². The van der Waals surface area contributed by atoms with Crippen LogP contribution in [0.25, 0.3) is 0 Å². The zero-order valence-corrected chi connectivity index (χ0v) is 43.4. The molecule has 6 heteroatoms. The Morgan fingerprint density at radius 2 is 0.785 bits per heavy atom. The second-order valence-electron chi connectivity index (χ2n) is 19.3. The van der Waals surface area contributed by atoms with Crippen molar-refractivity contribution in [1.82, 2.24) is 5.32 Å². The van der Waals surface area contributed by atoms with E-state index in [4.69, 9.17) is 4.74 Å². The van der Waals surface area contributed by atoms with Crippen molar-refractivity contribution in [2.24, 2.45) is 0 Å². The number of unbranched alkanes of at least 4 members (excludes halogenated alkanes) is 31. The molecule has 0 bridgehead atoms. The molecule has 0 aliphatic rings. The molecule has 0 aromatic carbocycles. The van der Waals surface area contributed by atoms with Crippen LogP contribution in [0.15, 0.2) is 48.6 Å². The Kier molecular flexibility index (Phi) is 51.0. The van der Waals surface area contributed by atoms with Crippen molar-refractivity contribution < 1.29 is 24.5 Å². The number of ether oxygens (including phenoxy) is 1. The van der Waals surface area contributed by atoms with Crippen molar-refractivity contribution >= 4 is 11.9 Å². The molecule has 0 rings (SSSR count). The predicted molar refractivity (Wildman–Crippen MR) is 282 cm³/mol. The highest BCUT2D eigenvalue weighted by molar-refractivity contribution is 5.77. The van der Waals surface area contributed by atoms with E-state index >= 15 is 0 Å². The van der Waals surface area contributed by atoms with E-state index in [1.807, 2.05) is 0 Å². The zero-order valence-electron chi connectivity index (χ0n) is 43.4. The summed E-state index contributed by atoms with van der Waals surface area (Å²) in [7, 11) is 0. The van der Waals surface area contributed by atoms with Gasteiger partial charge in [0.1, 0.15) is 6.10 Å². The van der Waals surface area contributed by atoms with Crippen molar-refractivity contribution in [2.75, 3.05) is 6.61 Å². The fraction of sp³-hybridized carbons (Fsp3) is 0.831. The molecule has 0 aromatic heterocycles. The van der Waals surface area contributed by atoms with Gasteiger partial charge in [-0.15, -0.1) is 0 Å². The van der Waals surface area contributed by atoms with Gasteiger partial charge in [0, 0.05) is 6.42 Å². The maximum Gasteiger partial charge on any atom is 0.306 e. The lowest BCUT2D eigenvalue weighted by atomic mass is 10.0. The van der Waals surface area contributed by atoms with Crippen LogP contribution in [0.4, 0.5) is 0 Å². The number of hydrogen-bond donors (Lipinski definition) is 3. The summed E-state index contributed by atoms with van der Waals surface area (Å²) in [6.45, 7) is 6.45. The fourth-order valence-electron chi connectivity index (χ4n) is 8.55. The Morgan fingerprint density at radius 1 is 0.446 bits per heavy atom. The van der Waals surface area contributed by atoms with Crippen LogP contribution in [0.2, 0.25) is 0 Å². The Balaban J connectivity index is 4.57. The van der Waals surface area contributed by atoms with Gasteiger partial charge in [0.15, 0.2) is 0 Å². The average molecular weight is 913 g/mol. The zero-order chi connectivity index (χ0) is 47.4. The molecule has 65 heavy (non-hydrogen) atoms. The van der Waals surface area contributed by atoms with Gasteiger partial charge in [-0.25, -0.2) is 0 Å². The molecule has 3 N–H and O–H groups in total. The van der Waals surface area contributed by atoms with Crippen LogP contribution in [0.1, 0.15) is 290 Å². The van der Waals surface area contributed by atoms with E-state index in [0.29, 0.717) is 19.3 Å². The summed E-state index contributed by atoms with van der Waals surface area (Å²) in [6.07, 6.45) is 64.6. The molecule has 6 nitrogen and oxygen atoms in total. The predicted octanol–water partition coefficient (Wildman–Crippen LogP) is 17.4. The summed E-state index contributed by atoms with van der Waals surface area (Å²) in [5.74, 6) is -0.489. The lowest BCUT2D eigenvalue weighted by molar-refractivity contribution is -0.151. The molecule has 1 amide bonds. The Labute approximate surface area is 404 Å². The van der Waals surface area contributed by atoms with Gasteiger partial charge in [0.25, 0.3) is 0 Å². The maximum absolute atomic E-state index is 13.2. The summed E-state index contributed by atoms with van der Waals surface area (Å²) in [4.78, 5) is 26.2. The number of hydrogen-bond acceptors (Lipinski definition) is 5. The lowest BCUT2D eigenvalue weighted by Crippen LogP contribution is -2.46. The first-order valence-electron chi connectivity index (χ1n) is 28.4. The van der Waals surface area contributed by atoms with Crippen LogP contribution in [-0.2, 0) is 14.3 Å². The molecule has 0 aliphatic heterocycles. The third kappa shape index (κ3) is 48.1. The summed E-state index contributed by atoms with van der Waals surface area (Å²) in [5, 5.41) is 23.8. The van der Waals surface area contributed by atoms with E-state index in [-0.39, 0.29) is 24.9 Å². The van der Waals surface area contributed by atoms with Crippen molar-refractivity contribution in [3.05, 3.63) is 48.6 Å². The third-order valence-electron chi connectivity index (χ3n) is 12.9. The topological polar surface area (TPSA) is 95.9 Å². The minimum atomic E-state index is -0.793. The van der Waals surface area contributed by atoms with Crippen molar-refractivity contribution in [2.45, 2.75) is 309 Å². The number of amides is 1. The average Bonchev–Trinajstić information content (AvgIpc) is 3.30. The van der Waals surface area contributed by atoms with Gasteiger partial charge in [0.2, 0.25) is 5.91 Å². The molecule has 3 unspecified atom stereocenters. The van der Waals surface area contributed by atoms with Crippen LogP contribution in [0.5, 0.6) is 0 Å². The van der Waals surface area contributed by atoms with E-state index in [2.05, 4.69) is 74.7 Å². The number of carbonyl (C=O) groups is 2. The molecular weight excluding hydrogens is 803 g/mol. The molecule has 0 saturated carbocycles. The third-order valence-corrected chi connectivity index (χ3v) is 12.9. The SMILES string of the molecule is CCCCC/C=C\C/C=C\C/C=C\CCCCCCC(CC(=O)NC(CO)C(O)CCCCCCCCCCCC)OC(=O)CCCCCCCCCCC/C=C/CCCCCCCC. The summed E-state index contributed by atoms with van der Waals surface area (Å²) < 4.78 is 5.95. The van der Waals surface area contributed by atoms with Crippen molar-refractivity contribution in [3.63, 3.8) is 0 Å². The number of aliphatic hydroxyl groups excluding tert-OH is 2. The molecular formula is C59H109NO5. The monoisotopic (exact) mass is 912 g/mol. The lowest BCUT2D eigenvalue weighted by Gasteiger charge is -2.24. The highest BCUT2D eigenvalue weighted by atomic mass is 16.5. The number of esters is 1. The van der Waals surface area contributed by atoms with E-state index in [0.717, 1.165) is 83.5 Å². The fourth-order valence-corrected chi connectivity index (χ4v) is 8.55. The highest BCUT2D eigenvalue weighted by Crippen LogP contribution is 2.18. The molecule has 0 aromatic rings. The Hall–Kier alpha value is -2.18. The van der Waals surface area contributed by atoms with Crippen molar-refractivity contribution in [1.29, 1.82) is 0 Å². The van der Waals surface area contributed by atoms with Crippen LogP contribution in [0, 0.1) is 0 Å². The Morgan fingerprint density at radius 3 is 1.23 bits per heavy atom. The minimum absolute atomic E-state index is 0.0631. The largest absolute Gasteiger partial charge is 0.462 e. The first kappa shape index (κ1) is 62.8. The summed E-state index contributed by atoms with van der Waals surface area (Å²) in [6, 6.07) is -0.709. The molecule has 3 atom stereocenters. The van der Waals surface area contributed by atoms with E-state index < -0.39 is 18.2 Å². The molecule has 0 spiro atoms. The molecule has 0 radical (unpaired) electrons. The molecule has 0 saturated heterocycles. The second kappa shape index (κ2) is 52.8. The first-order chi connectivity index (χ1) is 32.0. The Bertz CT molecular complexity index is 1110. The smallest absolute Gasteiger partial charge is 0.306 e. The molecule has 0 heterocycles. The molecule has 0 aliphatic carbocycles. The van der Waals surface area contributed by atoms with E-state index in [1.54, 1.807) is 0 Å².